The largest absolute Gasteiger partial charge is 0.481 e. The number of carbonyl (C=O) groups is 1. The van der Waals surface area contributed by atoms with Gasteiger partial charge in [-0.15, -0.1) is 5.10 Å². The van der Waals surface area contributed by atoms with Gasteiger partial charge in [0, 0.05) is 13.1 Å². The van der Waals surface area contributed by atoms with E-state index < -0.39 is 5.97 Å². The third kappa shape index (κ3) is 2.44. The number of aliphatic carboxylic acids is 1. The zero-order valence-corrected chi connectivity index (χ0v) is 11.8. The van der Waals surface area contributed by atoms with Crippen LogP contribution in [0.25, 0.3) is 0 Å². The normalized spacial score (nSPS) is 18.1. The first-order valence-corrected chi connectivity index (χ1v) is 6.88. The maximum Gasteiger partial charge on any atom is 0.308 e. The molecule has 1 aliphatic heterocycles. The molecular weight excluding hydrogens is 256 g/mol. The number of anilines is 1. The number of hydrogen-bond donors (Lipinski definition) is 1. The minimum absolute atomic E-state index is 0.390. The molecule has 1 aromatic rings. The highest BCUT2D eigenvalue weighted by Crippen LogP contribution is 2.28. The number of aryl methyl sites for hydroxylation is 1. The van der Waals surface area contributed by atoms with Gasteiger partial charge >= 0.3 is 5.97 Å². The highest BCUT2D eigenvalue weighted by atomic mass is 16.4. The average Bonchev–Trinajstić information content (AvgIpc) is 2.95. The minimum Gasteiger partial charge on any atom is -0.481 e. The molecule has 106 valence electrons. The van der Waals surface area contributed by atoms with Gasteiger partial charge < -0.3 is 10.0 Å². The Labute approximate surface area is 118 Å². The molecule has 1 aromatic heterocycles. The van der Waals surface area contributed by atoms with Crippen molar-refractivity contribution in [3.8, 4) is 6.07 Å². The van der Waals surface area contributed by atoms with Crippen molar-refractivity contribution in [3.63, 3.8) is 0 Å². The molecule has 0 aliphatic carbocycles. The third-order valence-corrected chi connectivity index (χ3v) is 3.78. The van der Waals surface area contributed by atoms with Gasteiger partial charge in [-0.05, 0) is 24.8 Å². The summed E-state index contributed by atoms with van der Waals surface area (Å²) in [5, 5.41) is 26.9. The number of carboxylic acids is 1. The van der Waals surface area contributed by atoms with Crippen LogP contribution < -0.4 is 4.90 Å². The second kappa shape index (κ2) is 5.87. The molecule has 0 radical (unpaired) electrons. The fourth-order valence-corrected chi connectivity index (χ4v) is 2.66. The Morgan fingerprint density at radius 2 is 2.20 bits per heavy atom. The molecule has 1 atom stereocenters. The summed E-state index contributed by atoms with van der Waals surface area (Å²) >= 11 is 0. The van der Waals surface area contributed by atoms with Gasteiger partial charge in [0.25, 0.3) is 0 Å². The molecule has 20 heavy (non-hydrogen) atoms. The zero-order valence-electron chi connectivity index (χ0n) is 11.8. The van der Waals surface area contributed by atoms with Gasteiger partial charge in [0.05, 0.1) is 11.6 Å². The van der Waals surface area contributed by atoms with Crippen LogP contribution in [0.15, 0.2) is 0 Å². The molecule has 1 unspecified atom stereocenters. The van der Waals surface area contributed by atoms with E-state index in [4.69, 9.17) is 5.11 Å². The maximum absolute atomic E-state index is 11.0. The number of nitrogens with zero attached hydrogens (tertiary/aromatic N) is 4. The lowest BCUT2D eigenvalue weighted by Gasteiger charge is -2.19. The molecule has 0 saturated carbocycles. The lowest BCUT2D eigenvalue weighted by atomic mass is 10.0. The van der Waals surface area contributed by atoms with E-state index in [1.807, 2.05) is 18.7 Å². The predicted molar refractivity (Wildman–Crippen MR) is 73.5 cm³/mol. The second-order valence-electron chi connectivity index (χ2n) is 4.91. The lowest BCUT2D eigenvalue weighted by Crippen LogP contribution is -2.25. The summed E-state index contributed by atoms with van der Waals surface area (Å²) in [6.45, 7) is 4.98. The summed E-state index contributed by atoms with van der Waals surface area (Å²) in [5.74, 6) is -0.649. The smallest absolute Gasteiger partial charge is 0.308 e. The van der Waals surface area contributed by atoms with Gasteiger partial charge in [-0.2, -0.15) is 10.4 Å². The summed E-state index contributed by atoms with van der Waals surface area (Å²) in [4.78, 5) is 12.9. The molecule has 1 saturated heterocycles. The Kier molecular flexibility index (Phi) is 4.18. The molecular formula is C14H18N4O2. The van der Waals surface area contributed by atoms with Crippen LogP contribution in [0.3, 0.4) is 0 Å². The summed E-state index contributed by atoms with van der Waals surface area (Å²) in [7, 11) is 0. The first-order valence-electron chi connectivity index (χ1n) is 6.88. The monoisotopic (exact) mass is 274 g/mol. The number of carboxylic acid groups (broad SMARTS) is 1. The van der Waals surface area contributed by atoms with E-state index in [0.29, 0.717) is 30.9 Å². The molecule has 0 bridgehead atoms. The van der Waals surface area contributed by atoms with Gasteiger partial charge in [-0.25, -0.2) is 0 Å². The topological polar surface area (TPSA) is 90.1 Å². The van der Waals surface area contributed by atoms with Crippen LogP contribution in [-0.4, -0.2) is 34.4 Å². The van der Waals surface area contributed by atoms with E-state index in [9.17, 15) is 10.1 Å². The first kappa shape index (κ1) is 14.3. The van der Waals surface area contributed by atoms with Gasteiger partial charge in [0.15, 0.2) is 5.82 Å². The molecule has 1 N–H and O–H groups in total. The summed E-state index contributed by atoms with van der Waals surface area (Å²) in [6.07, 6.45) is 2.05. The predicted octanol–water partition coefficient (Wildman–Crippen LogP) is 1.38. The third-order valence-electron chi connectivity index (χ3n) is 3.78. The van der Waals surface area contributed by atoms with E-state index in [2.05, 4.69) is 16.3 Å². The van der Waals surface area contributed by atoms with Gasteiger partial charge in [0.2, 0.25) is 0 Å². The first-order chi connectivity index (χ1) is 9.62. The van der Waals surface area contributed by atoms with E-state index in [-0.39, 0.29) is 5.92 Å². The van der Waals surface area contributed by atoms with E-state index in [1.165, 1.54) is 0 Å². The maximum atomic E-state index is 11.0. The van der Waals surface area contributed by atoms with Crippen molar-refractivity contribution < 1.29 is 9.90 Å². The van der Waals surface area contributed by atoms with Gasteiger partial charge in [-0.1, -0.05) is 13.8 Å². The lowest BCUT2D eigenvalue weighted by molar-refractivity contribution is -0.140. The van der Waals surface area contributed by atoms with Crippen molar-refractivity contribution in [3.05, 3.63) is 16.8 Å². The molecule has 0 spiro atoms. The number of aromatic nitrogens is 2. The Morgan fingerprint density at radius 1 is 1.45 bits per heavy atom. The minimum atomic E-state index is -0.792. The molecule has 0 amide bonds. The molecule has 6 nitrogen and oxygen atoms in total. The van der Waals surface area contributed by atoms with Crippen LogP contribution in [-0.2, 0) is 17.6 Å². The van der Waals surface area contributed by atoms with Gasteiger partial charge in [-0.3, -0.25) is 4.79 Å². The van der Waals surface area contributed by atoms with Crippen LogP contribution in [0, 0.1) is 17.2 Å². The SMILES string of the molecule is CCc1nnc(N2CCC(C(=O)O)C2)c(C#N)c1CC. The summed E-state index contributed by atoms with van der Waals surface area (Å²) < 4.78 is 0. The Morgan fingerprint density at radius 3 is 2.70 bits per heavy atom. The summed E-state index contributed by atoms with van der Waals surface area (Å²) in [5.41, 5.74) is 2.32. The van der Waals surface area contributed by atoms with Crippen LogP contribution in [0.1, 0.15) is 37.1 Å². The van der Waals surface area contributed by atoms with Crippen LogP contribution in [0.5, 0.6) is 0 Å². The van der Waals surface area contributed by atoms with Crippen molar-refractivity contribution in [1.82, 2.24) is 10.2 Å². The fourth-order valence-electron chi connectivity index (χ4n) is 2.66. The van der Waals surface area contributed by atoms with E-state index in [0.717, 1.165) is 24.1 Å². The molecule has 1 aliphatic rings. The zero-order chi connectivity index (χ0) is 14.7. The standard InChI is InChI=1S/C14H18N4O2/c1-3-10-11(7-15)13(17-16-12(10)4-2)18-6-5-9(8-18)14(19)20/h9H,3-6,8H2,1-2H3,(H,19,20). The van der Waals surface area contributed by atoms with Crippen molar-refractivity contribution in [2.45, 2.75) is 33.1 Å². The Hall–Kier alpha value is -2.16. The van der Waals surface area contributed by atoms with Crippen LogP contribution >= 0.6 is 0 Å². The van der Waals surface area contributed by atoms with E-state index in [1.54, 1.807) is 0 Å². The molecule has 2 heterocycles. The number of rotatable bonds is 4. The van der Waals surface area contributed by atoms with Crippen molar-refractivity contribution in [2.75, 3.05) is 18.0 Å². The van der Waals surface area contributed by atoms with Crippen molar-refractivity contribution in [1.29, 1.82) is 5.26 Å². The van der Waals surface area contributed by atoms with Gasteiger partial charge in [0.1, 0.15) is 11.6 Å². The van der Waals surface area contributed by atoms with Crippen LogP contribution in [0.2, 0.25) is 0 Å². The molecule has 2 rings (SSSR count). The second-order valence-corrected chi connectivity index (χ2v) is 4.91. The quantitative estimate of drug-likeness (QED) is 0.892. The van der Waals surface area contributed by atoms with E-state index >= 15 is 0 Å². The highest BCUT2D eigenvalue weighted by Gasteiger charge is 2.31. The Bertz CT molecular complexity index is 565. The molecule has 1 fully saturated rings. The van der Waals surface area contributed by atoms with Crippen molar-refractivity contribution >= 4 is 11.8 Å². The average molecular weight is 274 g/mol. The Balaban J connectivity index is 2.38. The van der Waals surface area contributed by atoms with Crippen LogP contribution in [0.4, 0.5) is 5.82 Å². The molecule has 6 heteroatoms. The summed E-state index contributed by atoms with van der Waals surface area (Å²) in [6, 6.07) is 2.22. The highest BCUT2D eigenvalue weighted by molar-refractivity contribution is 5.72. The molecule has 0 aromatic carbocycles. The number of nitriles is 1. The fraction of sp³-hybridized carbons (Fsp3) is 0.571. The van der Waals surface area contributed by atoms with Crippen molar-refractivity contribution in [2.24, 2.45) is 5.92 Å². The number of hydrogen-bond acceptors (Lipinski definition) is 5.